The Bertz CT molecular complexity index is 243. The molecule has 0 bridgehead atoms. The second kappa shape index (κ2) is 7.23. The van der Waals surface area contributed by atoms with Crippen LogP contribution in [0.1, 0.15) is 33.1 Å². The second-order valence-electron chi connectivity index (χ2n) is 3.70. The summed E-state index contributed by atoms with van der Waals surface area (Å²) in [6.45, 7) is 11.0. The molecule has 1 atom stereocenters. The first-order valence-corrected chi connectivity index (χ1v) is 5.17. The third kappa shape index (κ3) is 6.07. The van der Waals surface area contributed by atoms with E-state index in [4.69, 9.17) is 9.84 Å². The van der Waals surface area contributed by atoms with Gasteiger partial charge in [-0.1, -0.05) is 26.5 Å². The number of aliphatic hydroxyl groups excluding tert-OH is 1. The molecule has 0 saturated carbocycles. The van der Waals surface area contributed by atoms with Crippen LogP contribution in [0.3, 0.4) is 0 Å². The lowest BCUT2D eigenvalue weighted by Crippen LogP contribution is -2.09. The maximum atomic E-state index is 11.1. The van der Waals surface area contributed by atoms with Gasteiger partial charge in [-0.2, -0.15) is 0 Å². The van der Waals surface area contributed by atoms with Crippen molar-refractivity contribution in [3.8, 4) is 0 Å². The minimum Gasteiger partial charge on any atom is -0.428 e. The molecule has 0 aliphatic carbocycles. The van der Waals surface area contributed by atoms with E-state index < -0.39 is 5.97 Å². The number of esters is 1. The normalized spacial score (nSPS) is 11.9. The molecule has 0 fully saturated rings. The first kappa shape index (κ1) is 13.9. The second-order valence-corrected chi connectivity index (χ2v) is 3.70. The zero-order valence-electron chi connectivity index (χ0n) is 9.58. The molecule has 1 N–H and O–H groups in total. The topological polar surface area (TPSA) is 46.5 Å². The molecule has 86 valence electrons. The Kier molecular flexibility index (Phi) is 6.71. The first-order chi connectivity index (χ1) is 7.01. The summed E-state index contributed by atoms with van der Waals surface area (Å²) in [5, 5.41) is 8.80. The molecule has 0 radical (unpaired) electrons. The number of carbonyl (C=O) groups excluding carboxylic acids is 1. The Balaban J connectivity index is 4.01. The first-order valence-electron chi connectivity index (χ1n) is 5.17. The zero-order valence-corrected chi connectivity index (χ0v) is 9.58. The van der Waals surface area contributed by atoms with Gasteiger partial charge in [-0.05, 0) is 19.3 Å². The van der Waals surface area contributed by atoms with Crippen LogP contribution in [0.2, 0.25) is 0 Å². The predicted octanol–water partition coefficient (Wildman–Crippen LogP) is 2.42. The predicted molar refractivity (Wildman–Crippen MR) is 60.1 cm³/mol. The molecular weight excluding hydrogens is 192 g/mol. The highest BCUT2D eigenvalue weighted by atomic mass is 16.5. The quantitative estimate of drug-likeness (QED) is 0.400. The van der Waals surface area contributed by atoms with E-state index >= 15 is 0 Å². The summed E-state index contributed by atoms with van der Waals surface area (Å²) >= 11 is 0. The van der Waals surface area contributed by atoms with E-state index in [9.17, 15) is 4.79 Å². The monoisotopic (exact) mass is 212 g/mol. The highest BCUT2D eigenvalue weighted by Crippen LogP contribution is 2.18. The number of rotatable bonds is 7. The molecule has 1 unspecified atom stereocenters. The van der Waals surface area contributed by atoms with E-state index in [0.717, 1.165) is 6.42 Å². The van der Waals surface area contributed by atoms with Gasteiger partial charge in [0.05, 0.1) is 0 Å². The zero-order chi connectivity index (χ0) is 11.8. The van der Waals surface area contributed by atoms with E-state index in [1.165, 1.54) is 0 Å². The Labute approximate surface area is 91.4 Å². The van der Waals surface area contributed by atoms with E-state index in [2.05, 4.69) is 13.2 Å². The summed E-state index contributed by atoms with van der Waals surface area (Å²) in [7, 11) is 0. The van der Waals surface area contributed by atoms with Gasteiger partial charge >= 0.3 is 5.97 Å². The van der Waals surface area contributed by atoms with Gasteiger partial charge < -0.3 is 9.84 Å². The van der Waals surface area contributed by atoms with Crippen LogP contribution in [0.4, 0.5) is 0 Å². The maximum absolute atomic E-state index is 11.1. The molecule has 0 aromatic rings. The maximum Gasteiger partial charge on any atom is 0.338 e. The lowest BCUT2D eigenvalue weighted by Gasteiger charge is -2.14. The molecule has 0 aromatic heterocycles. The fourth-order valence-electron chi connectivity index (χ4n) is 1.21. The Morgan fingerprint density at radius 3 is 2.47 bits per heavy atom. The average Bonchev–Trinajstić information content (AvgIpc) is 2.16. The molecule has 0 saturated heterocycles. The average molecular weight is 212 g/mol. The number of allylic oxidation sites excluding steroid dienone is 1. The lowest BCUT2D eigenvalue weighted by atomic mass is 9.98. The Morgan fingerprint density at radius 2 is 2.07 bits per heavy atom. The summed E-state index contributed by atoms with van der Waals surface area (Å²) in [4.78, 5) is 11.1. The van der Waals surface area contributed by atoms with Gasteiger partial charge in [0, 0.05) is 18.6 Å². The number of hydrogen-bond acceptors (Lipinski definition) is 3. The van der Waals surface area contributed by atoms with Crippen molar-refractivity contribution in [1.82, 2.24) is 0 Å². The van der Waals surface area contributed by atoms with Crippen LogP contribution in [-0.4, -0.2) is 17.7 Å². The van der Waals surface area contributed by atoms with Gasteiger partial charge in [-0.15, -0.1) is 0 Å². The standard InChI is InChI=1S/C12H20O3/c1-5-11(6-7-13)8-10(4)15-12(14)9(2)3/h11,13H,2,4-8H2,1,3H3. The van der Waals surface area contributed by atoms with E-state index in [1.54, 1.807) is 6.92 Å². The van der Waals surface area contributed by atoms with Gasteiger partial charge in [-0.25, -0.2) is 4.79 Å². The third-order valence-corrected chi connectivity index (χ3v) is 2.22. The molecule has 3 heteroatoms. The van der Waals surface area contributed by atoms with E-state index in [1.807, 2.05) is 6.92 Å². The largest absolute Gasteiger partial charge is 0.428 e. The minimum atomic E-state index is -0.432. The number of carbonyl (C=O) groups is 1. The van der Waals surface area contributed by atoms with Gasteiger partial charge in [0.2, 0.25) is 0 Å². The van der Waals surface area contributed by atoms with Crippen molar-refractivity contribution in [3.63, 3.8) is 0 Å². The third-order valence-electron chi connectivity index (χ3n) is 2.22. The molecule has 15 heavy (non-hydrogen) atoms. The van der Waals surface area contributed by atoms with Gasteiger partial charge in [0.15, 0.2) is 0 Å². The van der Waals surface area contributed by atoms with Crippen LogP contribution in [0, 0.1) is 5.92 Å². The Hall–Kier alpha value is -1.09. The molecule has 0 amide bonds. The summed E-state index contributed by atoms with van der Waals surface area (Å²) in [5.41, 5.74) is 0.367. The number of hydrogen-bond donors (Lipinski definition) is 1. The molecule has 3 nitrogen and oxygen atoms in total. The minimum absolute atomic E-state index is 0.153. The van der Waals surface area contributed by atoms with Crippen molar-refractivity contribution in [3.05, 3.63) is 24.5 Å². The van der Waals surface area contributed by atoms with E-state index in [0.29, 0.717) is 30.1 Å². The highest BCUT2D eigenvalue weighted by molar-refractivity contribution is 5.87. The van der Waals surface area contributed by atoms with Crippen molar-refractivity contribution in [2.24, 2.45) is 5.92 Å². The van der Waals surface area contributed by atoms with Gasteiger partial charge in [-0.3, -0.25) is 0 Å². The molecule has 0 heterocycles. The van der Waals surface area contributed by atoms with Crippen molar-refractivity contribution >= 4 is 5.97 Å². The molecule has 0 spiro atoms. The number of aliphatic hydroxyl groups is 1. The molecule has 0 aromatic carbocycles. The smallest absolute Gasteiger partial charge is 0.338 e. The van der Waals surface area contributed by atoms with Crippen molar-refractivity contribution in [1.29, 1.82) is 0 Å². The van der Waals surface area contributed by atoms with Crippen LogP contribution in [0.25, 0.3) is 0 Å². The van der Waals surface area contributed by atoms with Crippen molar-refractivity contribution < 1.29 is 14.6 Å². The SMILES string of the molecule is C=C(CC(CC)CCO)OC(=O)C(=C)C. The van der Waals surface area contributed by atoms with Crippen LogP contribution in [0.5, 0.6) is 0 Å². The molecule has 0 aliphatic rings. The van der Waals surface area contributed by atoms with Gasteiger partial charge in [0.25, 0.3) is 0 Å². The molecule has 0 rings (SSSR count). The Morgan fingerprint density at radius 1 is 1.47 bits per heavy atom. The van der Waals surface area contributed by atoms with Crippen molar-refractivity contribution in [2.45, 2.75) is 33.1 Å². The van der Waals surface area contributed by atoms with Crippen LogP contribution in [-0.2, 0) is 9.53 Å². The summed E-state index contributed by atoms with van der Waals surface area (Å²) in [5.74, 6) is 0.336. The van der Waals surface area contributed by atoms with Gasteiger partial charge in [0.1, 0.15) is 5.76 Å². The summed E-state index contributed by atoms with van der Waals surface area (Å²) in [6, 6.07) is 0. The summed E-state index contributed by atoms with van der Waals surface area (Å²) < 4.78 is 4.98. The van der Waals surface area contributed by atoms with Crippen LogP contribution >= 0.6 is 0 Å². The fourth-order valence-corrected chi connectivity index (χ4v) is 1.21. The van der Waals surface area contributed by atoms with Crippen LogP contribution in [0.15, 0.2) is 24.5 Å². The van der Waals surface area contributed by atoms with E-state index in [-0.39, 0.29) is 6.61 Å². The molecular formula is C12H20O3. The lowest BCUT2D eigenvalue weighted by molar-refractivity contribution is -0.135. The highest BCUT2D eigenvalue weighted by Gasteiger charge is 2.11. The number of ether oxygens (including phenoxy) is 1. The fraction of sp³-hybridized carbons (Fsp3) is 0.583. The van der Waals surface area contributed by atoms with Crippen LogP contribution < -0.4 is 0 Å². The molecule has 0 aliphatic heterocycles. The van der Waals surface area contributed by atoms with Crippen molar-refractivity contribution in [2.75, 3.05) is 6.61 Å². The summed E-state index contributed by atoms with van der Waals surface area (Å²) in [6.07, 6.45) is 2.25.